The van der Waals surface area contributed by atoms with Gasteiger partial charge in [0.1, 0.15) is 5.54 Å². The van der Waals surface area contributed by atoms with Gasteiger partial charge in [0.15, 0.2) is 0 Å². The fraction of sp³-hybridized carbons (Fsp3) is 0.444. The van der Waals surface area contributed by atoms with E-state index >= 15 is 0 Å². The summed E-state index contributed by atoms with van der Waals surface area (Å²) in [4.78, 5) is 27.9. The van der Waals surface area contributed by atoms with Crippen LogP contribution in [0.2, 0.25) is 0 Å². The fourth-order valence-corrected chi connectivity index (χ4v) is 3.49. The predicted octanol–water partition coefficient (Wildman–Crippen LogP) is 2.70. The third-order valence-corrected chi connectivity index (χ3v) is 4.69. The fourth-order valence-electron chi connectivity index (χ4n) is 3.49. The maximum Gasteiger partial charge on any atom is 0.331 e. The van der Waals surface area contributed by atoms with Gasteiger partial charge in [-0.2, -0.15) is 0 Å². The SMILES string of the molecule is COC(=O)C1(NC(=O)Cc2c[nH]c3ccccc23)CCCCC1. The van der Waals surface area contributed by atoms with Crippen molar-refractivity contribution in [3.8, 4) is 0 Å². The Kier molecular flexibility index (Phi) is 4.37. The second-order valence-corrected chi connectivity index (χ2v) is 6.22. The van der Waals surface area contributed by atoms with Crippen LogP contribution >= 0.6 is 0 Å². The number of amides is 1. The Hall–Kier alpha value is -2.30. The van der Waals surface area contributed by atoms with Crippen molar-refractivity contribution in [1.82, 2.24) is 10.3 Å². The van der Waals surface area contributed by atoms with Crippen LogP contribution in [-0.2, 0) is 20.7 Å². The molecule has 1 fully saturated rings. The number of methoxy groups -OCH3 is 1. The van der Waals surface area contributed by atoms with Gasteiger partial charge in [0, 0.05) is 17.1 Å². The van der Waals surface area contributed by atoms with Gasteiger partial charge in [0.2, 0.25) is 5.91 Å². The Morgan fingerprint density at radius 3 is 2.70 bits per heavy atom. The molecule has 1 aliphatic rings. The average molecular weight is 314 g/mol. The number of rotatable bonds is 4. The molecule has 0 aliphatic heterocycles. The van der Waals surface area contributed by atoms with E-state index in [0.29, 0.717) is 12.8 Å². The number of hydrogen-bond acceptors (Lipinski definition) is 3. The van der Waals surface area contributed by atoms with Crippen LogP contribution in [0, 0.1) is 0 Å². The number of benzene rings is 1. The Morgan fingerprint density at radius 2 is 1.96 bits per heavy atom. The van der Waals surface area contributed by atoms with Crippen molar-refractivity contribution in [2.75, 3.05) is 7.11 Å². The Bertz CT molecular complexity index is 714. The average Bonchev–Trinajstić information content (AvgIpc) is 2.98. The standard InChI is InChI=1S/C18H22N2O3/c1-23-17(22)18(9-5-2-6-10-18)20-16(21)11-13-12-19-15-8-4-3-7-14(13)15/h3-4,7-8,12,19H,2,5-6,9-11H2,1H3,(H,20,21). The summed E-state index contributed by atoms with van der Waals surface area (Å²) in [6.45, 7) is 0. The number of carbonyl (C=O) groups is 2. The van der Waals surface area contributed by atoms with Gasteiger partial charge >= 0.3 is 5.97 Å². The van der Waals surface area contributed by atoms with Gasteiger partial charge in [-0.25, -0.2) is 4.79 Å². The maximum absolute atomic E-state index is 12.5. The number of esters is 1. The van der Waals surface area contributed by atoms with Gasteiger partial charge in [0.05, 0.1) is 13.5 Å². The first-order chi connectivity index (χ1) is 11.1. The lowest BCUT2D eigenvalue weighted by molar-refractivity contribution is -0.152. The molecule has 1 aliphatic carbocycles. The zero-order chi connectivity index (χ0) is 16.3. The highest BCUT2D eigenvalue weighted by Crippen LogP contribution is 2.29. The van der Waals surface area contributed by atoms with Crippen molar-refractivity contribution < 1.29 is 14.3 Å². The van der Waals surface area contributed by atoms with Crippen LogP contribution in [-0.4, -0.2) is 29.5 Å². The maximum atomic E-state index is 12.5. The Morgan fingerprint density at radius 1 is 1.22 bits per heavy atom. The third-order valence-electron chi connectivity index (χ3n) is 4.69. The molecule has 0 spiro atoms. The van der Waals surface area contributed by atoms with E-state index in [4.69, 9.17) is 4.74 Å². The number of carbonyl (C=O) groups excluding carboxylic acids is 2. The summed E-state index contributed by atoms with van der Waals surface area (Å²) in [7, 11) is 1.38. The van der Waals surface area contributed by atoms with E-state index in [1.54, 1.807) is 0 Å². The number of ether oxygens (including phenoxy) is 1. The normalized spacial score (nSPS) is 16.9. The minimum atomic E-state index is -0.851. The monoisotopic (exact) mass is 314 g/mol. The summed E-state index contributed by atoms with van der Waals surface area (Å²) in [5.74, 6) is -0.466. The molecule has 1 heterocycles. The lowest BCUT2D eigenvalue weighted by Crippen LogP contribution is -2.56. The van der Waals surface area contributed by atoms with Crippen LogP contribution in [0.1, 0.15) is 37.7 Å². The zero-order valence-electron chi connectivity index (χ0n) is 13.4. The second kappa shape index (κ2) is 6.44. The Labute approximate surface area is 135 Å². The van der Waals surface area contributed by atoms with Crippen molar-refractivity contribution in [3.05, 3.63) is 36.0 Å². The number of fused-ring (bicyclic) bond motifs is 1. The molecule has 5 nitrogen and oxygen atoms in total. The van der Waals surface area contributed by atoms with Crippen LogP contribution in [0.15, 0.2) is 30.5 Å². The highest BCUT2D eigenvalue weighted by molar-refractivity contribution is 5.92. The lowest BCUT2D eigenvalue weighted by Gasteiger charge is -2.35. The van der Waals surface area contributed by atoms with Crippen molar-refractivity contribution in [3.63, 3.8) is 0 Å². The largest absolute Gasteiger partial charge is 0.467 e. The van der Waals surface area contributed by atoms with Crippen molar-refractivity contribution in [2.24, 2.45) is 0 Å². The molecule has 3 rings (SSSR count). The van der Waals surface area contributed by atoms with Crippen molar-refractivity contribution >= 4 is 22.8 Å². The zero-order valence-corrected chi connectivity index (χ0v) is 13.4. The van der Waals surface area contributed by atoms with E-state index < -0.39 is 5.54 Å². The van der Waals surface area contributed by atoms with Gasteiger partial charge in [0.25, 0.3) is 0 Å². The number of aromatic amines is 1. The van der Waals surface area contributed by atoms with Crippen molar-refractivity contribution in [2.45, 2.75) is 44.1 Å². The third kappa shape index (κ3) is 3.09. The van der Waals surface area contributed by atoms with Gasteiger partial charge < -0.3 is 15.0 Å². The molecule has 122 valence electrons. The number of hydrogen-bond donors (Lipinski definition) is 2. The molecule has 1 aromatic heterocycles. The molecule has 1 saturated carbocycles. The number of H-pyrrole nitrogens is 1. The number of aromatic nitrogens is 1. The van der Waals surface area contributed by atoms with Crippen LogP contribution in [0.25, 0.3) is 10.9 Å². The summed E-state index contributed by atoms with van der Waals surface area (Å²) in [6.07, 6.45) is 6.37. The summed E-state index contributed by atoms with van der Waals surface area (Å²) in [6, 6.07) is 7.88. The van der Waals surface area contributed by atoms with Crippen molar-refractivity contribution in [1.29, 1.82) is 0 Å². The predicted molar refractivity (Wildman–Crippen MR) is 88.0 cm³/mol. The second-order valence-electron chi connectivity index (χ2n) is 6.22. The van der Waals surface area contributed by atoms with Crippen LogP contribution in [0.4, 0.5) is 0 Å². The van der Waals surface area contributed by atoms with E-state index in [9.17, 15) is 9.59 Å². The minimum absolute atomic E-state index is 0.137. The highest BCUT2D eigenvalue weighted by Gasteiger charge is 2.41. The summed E-state index contributed by atoms with van der Waals surface area (Å²) in [5.41, 5.74) is 1.10. The van der Waals surface area contributed by atoms with Gasteiger partial charge in [-0.15, -0.1) is 0 Å². The molecule has 0 radical (unpaired) electrons. The van der Waals surface area contributed by atoms with Gasteiger partial charge in [-0.05, 0) is 24.5 Å². The van der Waals surface area contributed by atoms with E-state index in [1.165, 1.54) is 7.11 Å². The van der Waals surface area contributed by atoms with Gasteiger partial charge in [-0.3, -0.25) is 4.79 Å². The van der Waals surface area contributed by atoms with Crippen LogP contribution in [0.5, 0.6) is 0 Å². The summed E-state index contributed by atoms with van der Waals surface area (Å²) < 4.78 is 4.94. The molecule has 1 amide bonds. The van der Waals surface area contributed by atoms with Gasteiger partial charge in [-0.1, -0.05) is 37.5 Å². The molecule has 0 atom stereocenters. The quantitative estimate of drug-likeness (QED) is 0.852. The van der Waals surface area contributed by atoms with Crippen LogP contribution in [0.3, 0.4) is 0 Å². The molecular weight excluding hydrogens is 292 g/mol. The first kappa shape index (κ1) is 15.6. The first-order valence-corrected chi connectivity index (χ1v) is 8.09. The lowest BCUT2D eigenvalue weighted by atomic mass is 9.81. The minimum Gasteiger partial charge on any atom is -0.467 e. The molecule has 5 heteroatoms. The number of nitrogens with one attached hydrogen (secondary N) is 2. The van der Waals surface area contributed by atoms with Crippen LogP contribution < -0.4 is 5.32 Å². The summed E-state index contributed by atoms with van der Waals surface area (Å²) >= 11 is 0. The Balaban J connectivity index is 1.76. The molecular formula is C18H22N2O3. The van der Waals surface area contributed by atoms with E-state index in [1.807, 2.05) is 30.5 Å². The van der Waals surface area contributed by atoms with E-state index in [0.717, 1.165) is 35.7 Å². The number of para-hydroxylation sites is 1. The molecule has 2 aromatic rings. The molecule has 1 aromatic carbocycles. The molecule has 0 saturated heterocycles. The molecule has 2 N–H and O–H groups in total. The molecule has 0 unspecified atom stereocenters. The molecule has 0 bridgehead atoms. The van der Waals surface area contributed by atoms with E-state index in [2.05, 4.69) is 10.3 Å². The topological polar surface area (TPSA) is 71.2 Å². The highest BCUT2D eigenvalue weighted by atomic mass is 16.5. The summed E-state index contributed by atoms with van der Waals surface area (Å²) in [5, 5.41) is 4.00. The molecule has 23 heavy (non-hydrogen) atoms. The smallest absolute Gasteiger partial charge is 0.331 e. The van der Waals surface area contributed by atoms with E-state index in [-0.39, 0.29) is 18.3 Å². The first-order valence-electron chi connectivity index (χ1n) is 8.09.